The number of hydrogen-bond acceptors (Lipinski definition) is 2. The molecule has 0 amide bonds. The molecule has 3 rings (SSSR count). The third kappa shape index (κ3) is 2.61. The van der Waals surface area contributed by atoms with Crippen LogP contribution in [0.5, 0.6) is 0 Å². The maximum Gasteiger partial charge on any atom is 0.0701 e. The van der Waals surface area contributed by atoms with Crippen LogP contribution in [0.3, 0.4) is 0 Å². The Kier molecular flexibility index (Phi) is 3.60. The van der Waals surface area contributed by atoms with Gasteiger partial charge in [0.05, 0.1) is 3.79 Å². The van der Waals surface area contributed by atoms with E-state index in [4.69, 9.17) is 0 Å². The van der Waals surface area contributed by atoms with Crippen molar-refractivity contribution in [1.29, 1.82) is 0 Å². The maximum absolute atomic E-state index is 3.73. The van der Waals surface area contributed by atoms with E-state index in [0.717, 1.165) is 24.3 Å². The van der Waals surface area contributed by atoms with E-state index in [-0.39, 0.29) is 0 Å². The van der Waals surface area contributed by atoms with Gasteiger partial charge < -0.3 is 5.32 Å². The quantitative estimate of drug-likeness (QED) is 0.867. The summed E-state index contributed by atoms with van der Waals surface area (Å²) in [4.78, 5) is 1.44. The smallest absolute Gasteiger partial charge is 0.0701 e. The van der Waals surface area contributed by atoms with Crippen molar-refractivity contribution in [2.45, 2.75) is 45.2 Å². The molecule has 0 radical (unpaired) electrons. The zero-order valence-electron chi connectivity index (χ0n) is 10.3. The number of rotatable bonds is 4. The van der Waals surface area contributed by atoms with Crippen LogP contribution in [0.4, 0.5) is 0 Å². The van der Waals surface area contributed by atoms with Gasteiger partial charge in [-0.3, -0.25) is 0 Å². The third-order valence-corrected chi connectivity index (χ3v) is 6.29. The highest BCUT2D eigenvalue weighted by Gasteiger charge is 2.41. The SMILES string of the molecule is CC(NCc1ccc(Br)s1)C1CC2CCC1C2. The molecular weight excluding hydrogens is 294 g/mol. The number of thiophene rings is 1. The van der Waals surface area contributed by atoms with Gasteiger partial charge in [0, 0.05) is 17.5 Å². The van der Waals surface area contributed by atoms with E-state index >= 15 is 0 Å². The minimum atomic E-state index is 0.686. The van der Waals surface area contributed by atoms with E-state index in [1.54, 1.807) is 0 Å². The lowest BCUT2D eigenvalue weighted by Crippen LogP contribution is -2.35. The molecule has 0 aliphatic heterocycles. The summed E-state index contributed by atoms with van der Waals surface area (Å²) < 4.78 is 1.24. The molecule has 1 N–H and O–H groups in total. The highest BCUT2D eigenvalue weighted by molar-refractivity contribution is 9.11. The van der Waals surface area contributed by atoms with Gasteiger partial charge in [-0.2, -0.15) is 0 Å². The fraction of sp³-hybridized carbons (Fsp3) is 0.714. The number of fused-ring (bicyclic) bond motifs is 2. The first-order chi connectivity index (χ1) is 8.22. The standard InChI is InChI=1S/C14H20BrNS/c1-9(13-7-10-2-3-11(13)6-10)16-8-12-4-5-14(15)17-12/h4-5,9-11,13,16H,2-3,6-8H2,1H3. The molecule has 1 heterocycles. The third-order valence-electron chi connectivity index (χ3n) is 4.66. The van der Waals surface area contributed by atoms with Crippen molar-refractivity contribution >= 4 is 27.3 Å². The average molecular weight is 314 g/mol. The Morgan fingerprint density at radius 2 is 2.29 bits per heavy atom. The second-order valence-electron chi connectivity index (χ2n) is 5.71. The molecule has 17 heavy (non-hydrogen) atoms. The predicted molar refractivity (Wildman–Crippen MR) is 77.3 cm³/mol. The van der Waals surface area contributed by atoms with Gasteiger partial charge in [-0.05, 0) is 72.0 Å². The summed E-state index contributed by atoms with van der Waals surface area (Å²) in [5.41, 5.74) is 0. The average Bonchev–Trinajstić information content (AvgIpc) is 3.01. The van der Waals surface area contributed by atoms with E-state index in [1.165, 1.54) is 34.3 Å². The van der Waals surface area contributed by atoms with Crippen molar-refractivity contribution in [1.82, 2.24) is 5.32 Å². The number of halogens is 1. The van der Waals surface area contributed by atoms with Crippen LogP contribution in [-0.4, -0.2) is 6.04 Å². The van der Waals surface area contributed by atoms with Gasteiger partial charge in [-0.25, -0.2) is 0 Å². The first-order valence-corrected chi connectivity index (χ1v) is 8.31. The van der Waals surface area contributed by atoms with Gasteiger partial charge in [-0.15, -0.1) is 11.3 Å². The van der Waals surface area contributed by atoms with Crippen LogP contribution in [0.2, 0.25) is 0 Å². The van der Waals surface area contributed by atoms with Crippen molar-refractivity contribution in [3.05, 3.63) is 20.8 Å². The van der Waals surface area contributed by atoms with Crippen molar-refractivity contribution in [3.63, 3.8) is 0 Å². The summed E-state index contributed by atoms with van der Waals surface area (Å²) in [6.07, 6.45) is 5.99. The minimum absolute atomic E-state index is 0.686. The van der Waals surface area contributed by atoms with Crippen molar-refractivity contribution in [2.75, 3.05) is 0 Å². The van der Waals surface area contributed by atoms with E-state index in [9.17, 15) is 0 Å². The van der Waals surface area contributed by atoms with Gasteiger partial charge in [0.25, 0.3) is 0 Å². The molecule has 2 aliphatic rings. The topological polar surface area (TPSA) is 12.0 Å². The minimum Gasteiger partial charge on any atom is -0.309 e. The second kappa shape index (κ2) is 5.02. The summed E-state index contributed by atoms with van der Waals surface area (Å²) in [6.45, 7) is 3.42. The summed E-state index contributed by atoms with van der Waals surface area (Å²) in [5, 5.41) is 3.73. The Morgan fingerprint density at radius 1 is 1.41 bits per heavy atom. The lowest BCUT2D eigenvalue weighted by atomic mass is 9.84. The summed E-state index contributed by atoms with van der Waals surface area (Å²) in [7, 11) is 0. The lowest BCUT2D eigenvalue weighted by molar-refractivity contribution is 0.260. The van der Waals surface area contributed by atoms with Crippen LogP contribution >= 0.6 is 27.3 Å². The summed E-state index contributed by atoms with van der Waals surface area (Å²) in [6, 6.07) is 5.05. The molecule has 0 saturated heterocycles. The predicted octanol–water partition coefficient (Wildman–Crippen LogP) is 4.42. The van der Waals surface area contributed by atoms with Crippen molar-refractivity contribution < 1.29 is 0 Å². The highest BCUT2D eigenvalue weighted by atomic mass is 79.9. The Labute approximate surface area is 116 Å². The lowest BCUT2D eigenvalue weighted by Gasteiger charge is -2.28. The van der Waals surface area contributed by atoms with E-state index < -0.39 is 0 Å². The maximum atomic E-state index is 3.73. The molecule has 3 heteroatoms. The largest absolute Gasteiger partial charge is 0.309 e. The Hall–Kier alpha value is 0.140. The van der Waals surface area contributed by atoms with Gasteiger partial charge in [0.15, 0.2) is 0 Å². The van der Waals surface area contributed by atoms with Crippen molar-refractivity contribution in [2.24, 2.45) is 17.8 Å². The number of hydrogen-bond donors (Lipinski definition) is 1. The second-order valence-corrected chi connectivity index (χ2v) is 8.26. The summed E-state index contributed by atoms with van der Waals surface area (Å²) in [5.74, 6) is 3.03. The van der Waals surface area contributed by atoms with E-state index in [0.29, 0.717) is 6.04 Å². The molecule has 1 nitrogen and oxygen atoms in total. The van der Waals surface area contributed by atoms with Crippen LogP contribution in [0.25, 0.3) is 0 Å². The molecule has 4 unspecified atom stereocenters. The fourth-order valence-corrected chi connectivity index (χ4v) is 5.20. The Bertz CT molecular complexity index is 389. The van der Waals surface area contributed by atoms with Crippen LogP contribution in [0.15, 0.2) is 15.9 Å². The normalized spacial score (nSPS) is 33.2. The van der Waals surface area contributed by atoms with Gasteiger partial charge in [-0.1, -0.05) is 6.42 Å². The van der Waals surface area contributed by atoms with Crippen LogP contribution in [0, 0.1) is 17.8 Å². The molecule has 94 valence electrons. The molecule has 2 aliphatic carbocycles. The Balaban J connectivity index is 1.52. The molecular formula is C14H20BrNS. The first kappa shape index (κ1) is 12.2. The molecule has 1 aromatic rings. The molecule has 2 saturated carbocycles. The van der Waals surface area contributed by atoms with Crippen LogP contribution in [-0.2, 0) is 6.54 Å². The monoisotopic (exact) mass is 313 g/mol. The van der Waals surface area contributed by atoms with Gasteiger partial charge >= 0.3 is 0 Å². The molecule has 0 spiro atoms. The van der Waals surface area contributed by atoms with Gasteiger partial charge in [0.1, 0.15) is 0 Å². The van der Waals surface area contributed by atoms with Crippen molar-refractivity contribution in [3.8, 4) is 0 Å². The number of nitrogens with one attached hydrogen (secondary N) is 1. The molecule has 4 atom stereocenters. The summed E-state index contributed by atoms with van der Waals surface area (Å²) >= 11 is 5.36. The van der Waals surface area contributed by atoms with E-state index in [2.05, 4.69) is 40.3 Å². The molecule has 2 fully saturated rings. The van der Waals surface area contributed by atoms with Gasteiger partial charge in [0.2, 0.25) is 0 Å². The van der Waals surface area contributed by atoms with E-state index in [1.807, 2.05) is 11.3 Å². The fourth-order valence-electron chi connectivity index (χ4n) is 3.77. The molecule has 0 aromatic carbocycles. The molecule has 2 bridgehead atoms. The van der Waals surface area contributed by atoms with Crippen LogP contribution < -0.4 is 5.32 Å². The highest BCUT2D eigenvalue weighted by Crippen LogP contribution is 2.49. The first-order valence-electron chi connectivity index (χ1n) is 6.70. The zero-order valence-corrected chi connectivity index (χ0v) is 12.7. The van der Waals surface area contributed by atoms with Crippen LogP contribution in [0.1, 0.15) is 37.5 Å². The zero-order chi connectivity index (χ0) is 11.8. The molecule has 1 aromatic heterocycles. The Morgan fingerprint density at radius 3 is 2.88 bits per heavy atom.